The zero-order valence-corrected chi connectivity index (χ0v) is 28.5. The average molecular weight is 706 g/mol. The molecular formula is C39H37F2N7O4. The van der Waals surface area contributed by atoms with E-state index in [-0.39, 0.29) is 36.2 Å². The molecule has 13 heteroatoms. The highest BCUT2D eigenvalue weighted by atomic mass is 19.3. The van der Waals surface area contributed by atoms with Gasteiger partial charge in [0.1, 0.15) is 29.3 Å². The fraction of sp³-hybridized carbons (Fsp3) is 0.333. The second-order valence-corrected chi connectivity index (χ2v) is 13.7. The summed E-state index contributed by atoms with van der Waals surface area (Å²) in [6.45, 7) is 2.02. The van der Waals surface area contributed by atoms with Crippen LogP contribution < -0.4 is 19.7 Å². The molecule has 0 radical (unpaired) electrons. The zero-order valence-electron chi connectivity index (χ0n) is 28.5. The van der Waals surface area contributed by atoms with Crippen molar-refractivity contribution in [2.75, 3.05) is 25.2 Å². The lowest BCUT2D eigenvalue weighted by atomic mass is 9.88. The van der Waals surface area contributed by atoms with Gasteiger partial charge in [-0.3, -0.25) is 4.79 Å². The molecule has 2 aromatic carbocycles. The van der Waals surface area contributed by atoms with E-state index in [1.807, 2.05) is 54.6 Å². The summed E-state index contributed by atoms with van der Waals surface area (Å²) >= 11 is 0. The first-order valence-electron chi connectivity index (χ1n) is 17.6. The van der Waals surface area contributed by atoms with Gasteiger partial charge < -0.3 is 29.0 Å². The fourth-order valence-corrected chi connectivity index (χ4v) is 7.35. The molecular weight excluding hydrogens is 668 g/mol. The Kier molecular flexibility index (Phi) is 8.02. The van der Waals surface area contributed by atoms with Gasteiger partial charge in [0.25, 0.3) is 11.8 Å². The molecule has 52 heavy (non-hydrogen) atoms. The van der Waals surface area contributed by atoms with Crippen LogP contribution in [0, 0.1) is 0 Å². The minimum atomic E-state index is -2.94. The number of aromatic nitrogens is 5. The number of ether oxygens (including phenoxy) is 3. The molecule has 1 atom stereocenters. The summed E-state index contributed by atoms with van der Waals surface area (Å²) in [6.07, 6.45) is 6.99. The first kappa shape index (κ1) is 32.4. The van der Waals surface area contributed by atoms with Crippen molar-refractivity contribution < 1.29 is 27.8 Å². The van der Waals surface area contributed by atoms with Crippen LogP contribution in [0.1, 0.15) is 53.2 Å². The Hall–Kier alpha value is -5.56. The maximum atomic E-state index is 14.2. The monoisotopic (exact) mass is 705 g/mol. The fourth-order valence-electron chi connectivity index (χ4n) is 7.35. The van der Waals surface area contributed by atoms with Gasteiger partial charge in [-0.05, 0) is 54.7 Å². The highest BCUT2D eigenvalue weighted by Crippen LogP contribution is 2.46. The molecule has 1 aliphatic heterocycles. The molecule has 266 valence electrons. The number of hydrogen-bond acceptors (Lipinski definition) is 8. The van der Waals surface area contributed by atoms with Crippen molar-refractivity contribution in [3.63, 3.8) is 0 Å². The SMILES string of the molecule is COc1ccc(CN2CCOc3c(-c4cn(C5CC(OCc6ccccc6)C5)c5ncccc45)nc4c(C(=O)NC5CCC5(F)F)cnn4c32)cc1. The molecule has 1 N–H and O–H groups in total. The maximum absolute atomic E-state index is 14.2. The van der Waals surface area contributed by atoms with E-state index in [9.17, 15) is 13.6 Å². The standard InChI is InChI=1S/C39H37F2N7O4/c1-50-27-11-9-24(10-12-27)21-46-16-17-51-34-33(45-36-30(20-43-48(36)38(34)46)37(49)44-32-13-14-39(32,40)41)31-22-47(35-29(31)8-5-15-42-35)26-18-28(19-26)52-23-25-6-3-2-4-7-25/h2-12,15,20,22,26,28,32H,13-14,16-19,21,23H2,1H3,(H,44,49). The summed E-state index contributed by atoms with van der Waals surface area (Å²) in [5, 5.41) is 8.00. The van der Waals surface area contributed by atoms with Gasteiger partial charge in [0.2, 0.25) is 0 Å². The Morgan fingerprint density at radius 1 is 1.04 bits per heavy atom. The lowest BCUT2D eigenvalue weighted by molar-refractivity contribution is -0.102. The second-order valence-electron chi connectivity index (χ2n) is 13.7. The summed E-state index contributed by atoms with van der Waals surface area (Å²) < 4.78 is 50.2. The molecule has 0 bridgehead atoms. The van der Waals surface area contributed by atoms with Crippen LogP contribution in [-0.4, -0.2) is 68.4 Å². The molecule has 2 fully saturated rings. The van der Waals surface area contributed by atoms with Gasteiger partial charge in [0.15, 0.2) is 17.2 Å². The lowest BCUT2D eigenvalue weighted by Gasteiger charge is -2.36. The normalized spacial score (nSPS) is 20.5. The van der Waals surface area contributed by atoms with Gasteiger partial charge in [-0.15, -0.1) is 0 Å². The highest BCUT2D eigenvalue weighted by molar-refractivity contribution is 6.02. The number of halogens is 2. The van der Waals surface area contributed by atoms with Crippen molar-refractivity contribution in [3.05, 3.63) is 102 Å². The van der Waals surface area contributed by atoms with Crippen LogP contribution in [0.3, 0.4) is 0 Å². The van der Waals surface area contributed by atoms with Crippen LogP contribution in [0.2, 0.25) is 0 Å². The number of alkyl halides is 2. The number of carbonyl (C=O) groups is 1. The molecule has 1 amide bonds. The lowest BCUT2D eigenvalue weighted by Crippen LogP contribution is -2.55. The number of fused-ring (bicyclic) bond motifs is 4. The van der Waals surface area contributed by atoms with E-state index in [1.165, 1.54) is 6.20 Å². The molecule has 6 aromatic rings. The van der Waals surface area contributed by atoms with Crippen LogP contribution in [-0.2, 0) is 17.9 Å². The van der Waals surface area contributed by atoms with E-state index < -0.39 is 17.9 Å². The van der Waals surface area contributed by atoms with Gasteiger partial charge in [0, 0.05) is 42.4 Å². The predicted molar refractivity (Wildman–Crippen MR) is 190 cm³/mol. The number of nitrogens with zero attached hydrogens (tertiary/aromatic N) is 6. The van der Waals surface area contributed by atoms with Crippen LogP contribution in [0.4, 0.5) is 14.6 Å². The smallest absolute Gasteiger partial charge is 0.267 e. The molecule has 5 heterocycles. The number of benzene rings is 2. The number of hydrogen-bond donors (Lipinski definition) is 1. The minimum absolute atomic E-state index is 0.112. The summed E-state index contributed by atoms with van der Waals surface area (Å²) in [7, 11) is 1.63. The Balaban J connectivity index is 1.11. The van der Waals surface area contributed by atoms with Crippen molar-refractivity contribution in [1.29, 1.82) is 0 Å². The number of methoxy groups -OCH3 is 1. The van der Waals surface area contributed by atoms with Crippen LogP contribution in [0.5, 0.6) is 11.5 Å². The molecule has 0 saturated heterocycles. The van der Waals surface area contributed by atoms with Gasteiger partial charge in [-0.25, -0.2) is 18.7 Å². The summed E-state index contributed by atoms with van der Waals surface area (Å²) in [4.78, 5) is 25.6. The number of rotatable bonds is 10. The van der Waals surface area contributed by atoms with E-state index in [1.54, 1.807) is 17.8 Å². The number of amides is 1. The molecule has 2 aliphatic carbocycles. The number of pyridine rings is 1. The van der Waals surface area contributed by atoms with E-state index in [0.717, 1.165) is 46.3 Å². The third-order valence-electron chi connectivity index (χ3n) is 10.5. The Morgan fingerprint density at radius 2 is 1.87 bits per heavy atom. The van der Waals surface area contributed by atoms with E-state index in [0.29, 0.717) is 43.6 Å². The van der Waals surface area contributed by atoms with Crippen LogP contribution in [0.25, 0.3) is 27.9 Å². The van der Waals surface area contributed by atoms with Crippen LogP contribution >= 0.6 is 0 Å². The van der Waals surface area contributed by atoms with Gasteiger partial charge in [-0.2, -0.15) is 9.61 Å². The first-order valence-corrected chi connectivity index (χ1v) is 17.6. The van der Waals surface area contributed by atoms with Crippen molar-refractivity contribution >= 4 is 28.4 Å². The molecule has 2 saturated carbocycles. The Bertz CT molecular complexity index is 2270. The summed E-state index contributed by atoms with van der Waals surface area (Å²) in [5.74, 6) is -1.69. The molecule has 4 aromatic heterocycles. The largest absolute Gasteiger partial charge is 0.497 e. The average Bonchev–Trinajstić information content (AvgIpc) is 3.75. The molecule has 11 nitrogen and oxygen atoms in total. The highest BCUT2D eigenvalue weighted by Gasteiger charge is 2.49. The molecule has 9 rings (SSSR count). The van der Waals surface area contributed by atoms with Gasteiger partial charge >= 0.3 is 0 Å². The Morgan fingerprint density at radius 3 is 2.62 bits per heavy atom. The number of carbonyl (C=O) groups excluding carboxylic acids is 1. The quantitative estimate of drug-likeness (QED) is 0.170. The predicted octanol–water partition coefficient (Wildman–Crippen LogP) is 6.60. The number of nitrogens with one attached hydrogen (secondary N) is 1. The second kappa shape index (κ2) is 12.9. The third kappa shape index (κ3) is 5.69. The molecule has 0 spiro atoms. The first-order chi connectivity index (χ1) is 25.4. The summed E-state index contributed by atoms with van der Waals surface area (Å²) in [6, 6.07) is 20.8. The molecule has 1 unspecified atom stereocenters. The van der Waals surface area contributed by atoms with E-state index >= 15 is 0 Å². The number of anilines is 1. The van der Waals surface area contributed by atoms with Crippen molar-refractivity contribution in [2.24, 2.45) is 0 Å². The Labute approximate surface area is 298 Å². The zero-order chi connectivity index (χ0) is 35.4. The van der Waals surface area contributed by atoms with Gasteiger partial charge in [0.05, 0.1) is 38.6 Å². The van der Waals surface area contributed by atoms with E-state index in [2.05, 4.69) is 38.2 Å². The topological polar surface area (TPSA) is 108 Å². The van der Waals surface area contributed by atoms with Gasteiger partial charge in [-0.1, -0.05) is 42.5 Å². The molecule has 3 aliphatic rings. The van der Waals surface area contributed by atoms with Crippen molar-refractivity contribution in [2.45, 2.75) is 62.9 Å². The van der Waals surface area contributed by atoms with Crippen molar-refractivity contribution in [1.82, 2.24) is 29.5 Å². The van der Waals surface area contributed by atoms with Crippen LogP contribution in [0.15, 0.2) is 85.3 Å². The minimum Gasteiger partial charge on any atom is -0.497 e. The third-order valence-corrected chi connectivity index (χ3v) is 10.5. The summed E-state index contributed by atoms with van der Waals surface area (Å²) in [5.41, 5.74) is 4.67. The van der Waals surface area contributed by atoms with E-state index in [4.69, 9.17) is 24.2 Å². The maximum Gasteiger partial charge on any atom is 0.267 e. The van der Waals surface area contributed by atoms with Crippen molar-refractivity contribution in [3.8, 4) is 22.8 Å².